The molecule has 0 radical (unpaired) electrons. The van der Waals surface area contributed by atoms with Gasteiger partial charge < -0.3 is 14.8 Å². The van der Waals surface area contributed by atoms with Gasteiger partial charge in [-0.3, -0.25) is 9.69 Å². The van der Waals surface area contributed by atoms with Crippen molar-refractivity contribution in [2.24, 2.45) is 0 Å². The number of aromatic nitrogens is 1. The fourth-order valence-corrected chi connectivity index (χ4v) is 6.67. The van der Waals surface area contributed by atoms with Gasteiger partial charge in [0.2, 0.25) is 9.84 Å². The van der Waals surface area contributed by atoms with Crippen LogP contribution in [-0.2, 0) is 19.4 Å². The first-order valence-corrected chi connectivity index (χ1v) is 11.9. The number of amides is 1. The summed E-state index contributed by atoms with van der Waals surface area (Å²) in [6.45, 7) is 0. The van der Waals surface area contributed by atoms with E-state index >= 15 is 0 Å². The van der Waals surface area contributed by atoms with Gasteiger partial charge in [0.05, 0.1) is 23.3 Å². The molecule has 1 aromatic heterocycles. The molecule has 1 unspecified atom stereocenters. The summed E-state index contributed by atoms with van der Waals surface area (Å²) in [7, 11) is -2.66. The molecule has 2 aliphatic rings. The molecule has 2 aliphatic heterocycles. The molecule has 2 N–H and O–H groups in total. The first kappa shape index (κ1) is 20.4. The van der Waals surface area contributed by atoms with Crippen LogP contribution in [0.5, 0.6) is 5.75 Å². The Labute approximate surface area is 187 Å². The van der Waals surface area contributed by atoms with E-state index in [1.807, 2.05) is 24.3 Å². The second-order valence-electron chi connectivity index (χ2n) is 7.16. The first-order chi connectivity index (χ1) is 15.3. The molecule has 0 aliphatic carbocycles. The monoisotopic (exact) mass is 468 g/mol. The third-order valence-corrected chi connectivity index (χ3v) is 8.31. The molecule has 1 saturated heterocycles. The Balaban J connectivity index is 1.71. The van der Waals surface area contributed by atoms with Gasteiger partial charge in [-0.15, -0.1) is 11.8 Å². The highest BCUT2D eigenvalue weighted by Gasteiger charge is 2.53. The molecule has 0 saturated carbocycles. The predicted molar refractivity (Wildman–Crippen MR) is 119 cm³/mol. The molecule has 3 heterocycles. The highest BCUT2D eigenvalue weighted by Crippen LogP contribution is 2.49. The van der Waals surface area contributed by atoms with Crippen LogP contribution in [0, 0.1) is 0 Å². The molecule has 1 amide bonds. The Morgan fingerprint density at radius 2 is 1.88 bits per heavy atom. The van der Waals surface area contributed by atoms with Crippen molar-refractivity contribution < 1.29 is 27.9 Å². The van der Waals surface area contributed by atoms with E-state index < -0.39 is 27.1 Å². The number of fused-ring (bicyclic) bond motifs is 2. The van der Waals surface area contributed by atoms with E-state index in [1.54, 1.807) is 6.07 Å². The number of carboxylic acid groups (broad SMARTS) is 1. The number of H-pyrrole nitrogens is 1. The third kappa shape index (κ3) is 2.94. The smallest absolute Gasteiger partial charge is 0.353 e. The molecular formula is C22H16N2O6S2. The van der Waals surface area contributed by atoms with Crippen LogP contribution in [0.3, 0.4) is 0 Å². The zero-order valence-corrected chi connectivity index (χ0v) is 18.2. The van der Waals surface area contributed by atoms with Crippen molar-refractivity contribution in [3.63, 3.8) is 0 Å². The quantitative estimate of drug-likeness (QED) is 0.436. The van der Waals surface area contributed by atoms with Crippen LogP contribution in [-0.4, -0.2) is 47.8 Å². The van der Waals surface area contributed by atoms with Crippen LogP contribution < -0.4 is 4.74 Å². The third-order valence-electron chi connectivity index (χ3n) is 5.38. The molecule has 3 aromatic rings. The lowest BCUT2D eigenvalue weighted by Crippen LogP contribution is -2.52. The Hall–Kier alpha value is -3.50. The van der Waals surface area contributed by atoms with Gasteiger partial charge in [-0.25, -0.2) is 13.2 Å². The van der Waals surface area contributed by atoms with Crippen LogP contribution in [0.15, 0.2) is 76.2 Å². The molecule has 8 nitrogen and oxygen atoms in total. The van der Waals surface area contributed by atoms with E-state index in [-0.39, 0.29) is 26.8 Å². The van der Waals surface area contributed by atoms with Gasteiger partial charge in [-0.2, -0.15) is 0 Å². The molecule has 2 aromatic carbocycles. The zero-order chi connectivity index (χ0) is 22.6. The van der Waals surface area contributed by atoms with Crippen molar-refractivity contribution in [1.29, 1.82) is 0 Å². The van der Waals surface area contributed by atoms with Gasteiger partial charge in [-0.05, 0) is 36.4 Å². The van der Waals surface area contributed by atoms with Crippen molar-refractivity contribution in [2.45, 2.75) is 10.3 Å². The largest absolute Gasteiger partial charge is 0.497 e. The average Bonchev–Trinajstić information content (AvgIpc) is 3.39. The Bertz CT molecular complexity index is 1420. The summed E-state index contributed by atoms with van der Waals surface area (Å²) in [6.07, 6.45) is 0. The number of aromatic amines is 1. The second kappa shape index (κ2) is 7.28. The number of methoxy groups -OCH3 is 1. The zero-order valence-electron chi connectivity index (χ0n) is 16.6. The van der Waals surface area contributed by atoms with Crippen LogP contribution in [0.2, 0.25) is 0 Å². The fourth-order valence-electron chi connectivity index (χ4n) is 3.82. The van der Waals surface area contributed by atoms with Gasteiger partial charge in [0.15, 0.2) is 0 Å². The van der Waals surface area contributed by atoms with Crippen molar-refractivity contribution >= 4 is 49.3 Å². The topological polar surface area (TPSA) is 117 Å². The maximum Gasteiger partial charge on any atom is 0.353 e. The number of benzene rings is 2. The van der Waals surface area contributed by atoms with E-state index in [2.05, 4.69) is 4.98 Å². The molecular weight excluding hydrogens is 452 g/mol. The summed E-state index contributed by atoms with van der Waals surface area (Å²) in [5, 5.41) is 10.8. The van der Waals surface area contributed by atoms with Crippen molar-refractivity contribution in [3.05, 3.63) is 77.0 Å². The lowest BCUT2D eigenvalue weighted by Gasteiger charge is -2.38. The molecule has 5 rings (SSSR count). The van der Waals surface area contributed by atoms with Crippen molar-refractivity contribution in [2.75, 3.05) is 7.11 Å². The summed E-state index contributed by atoms with van der Waals surface area (Å²) < 4.78 is 32.6. The molecule has 1 fully saturated rings. The maximum absolute atomic E-state index is 13.8. The van der Waals surface area contributed by atoms with E-state index in [4.69, 9.17) is 4.74 Å². The van der Waals surface area contributed by atoms with Crippen LogP contribution in [0.25, 0.3) is 15.8 Å². The standard InChI is InChI=1S/C22H16N2O6S2/c1-30-13-6-8-14(9-7-13)32(28,29)19(16-10-12-4-2-3-5-15(12)23-16)18-20(25)24-17(22(26)27)11-31-21(18)24/h2-11,21,23H,1H3,(H,26,27)/b19-18-. The number of carboxylic acids is 1. The fraction of sp³-hybridized carbons (Fsp3) is 0.0909. The number of nitrogens with one attached hydrogen (secondary N) is 1. The highest BCUT2D eigenvalue weighted by molar-refractivity contribution is 8.03. The van der Waals surface area contributed by atoms with Gasteiger partial charge in [0, 0.05) is 16.3 Å². The minimum atomic E-state index is -4.13. The second-order valence-corrected chi connectivity index (χ2v) is 10.0. The van der Waals surface area contributed by atoms with Crippen LogP contribution in [0.4, 0.5) is 0 Å². The van der Waals surface area contributed by atoms with Gasteiger partial charge in [0.1, 0.15) is 21.7 Å². The summed E-state index contributed by atoms with van der Waals surface area (Å²) in [4.78, 5) is 28.5. The molecule has 10 heteroatoms. The first-order valence-electron chi connectivity index (χ1n) is 9.47. The summed E-state index contributed by atoms with van der Waals surface area (Å²) >= 11 is 1.09. The average molecular weight is 469 g/mol. The van der Waals surface area contributed by atoms with Crippen molar-refractivity contribution in [1.82, 2.24) is 9.88 Å². The number of nitrogens with zero attached hydrogens (tertiary/aromatic N) is 1. The van der Waals surface area contributed by atoms with Crippen LogP contribution in [0.1, 0.15) is 5.69 Å². The number of β-lactam (4-membered cyclic amide) rings is 1. The van der Waals surface area contributed by atoms with E-state index in [1.165, 1.54) is 36.8 Å². The highest BCUT2D eigenvalue weighted by atomic mass is 32.2. The number of sulfone groups is 1. The number of aliphatic carboxylic acids is 1. The minimum Gasteiger partial charge on any atom is -0.497 e. The summed E-state index contributed by atoms with van der Waals surface area (Å²) in [5.74, 6) is -1.38. The Morgan fingerprint density at radius 3 is 2.53 bits per heavy atom. The maximum atomic E-state index is 13.8. The van der Waals surface area contributed by atoms with Gasteiger partial charge in [-0.1, -0.05) is 18.2 Å². The number of carbonyl (C=O) groups excluding carboxylic acids is 1. The number of para-hydroxylation sites is 1. The summed E-state index contributed by atoms with van der Waals surface area (Å²) in [5.41, 5.74) is 0.878. The van der Waals surface area contributed by atoms with E-state index in [0.717, 1.165) is 27.6 Å². The normalized spacial score (nSPS) is 19.4. The number of hydrogen-bond donors (Lipinski definition) is 2. The van der Waals surface area contributed by atoms with E-state index in [0.29, 0.717) is 5.75 Å². The Morgan fingerprint density at radius 1 is 1.16 bits per heavy atom. The number of rotatable bonds is 5. The number of thioether (sulfide) groups is 1. The number of carbonyl (C=O) groups is 2. The molecule has 162 valence electrons. The van der Waals surface area contributed by atoms with Gasteiger partial charge in [0.25, 0.3) is 5.91 Å². The Kier molecular flexibility index (Phi) is 4.64. The van der Waals surface area contributed by atoms with Gasteiger partial charge >= 0.3 is 5.97 Å². The summed E-state index contributed by atoms with van der Waals surface area (Å²) in [6, 6.07) is 14.9. The van der Waals surface area contributed by atoms with E-state index in [9.17, 15) is 23.1 Å². The molecule has 0 spiro atoms. The lowest BCUT2D eigenvalue weighted by molar-refractivity contribution is -0.141. The number of ether oxygens (including phenoxy) is 1. The van der Waals surface area contributed by atoms with Crippen molar-refractivity contribution in [3.8, 4) is 5.75 Å². The SMILES string of the molecule is COc1ccc(S(=O)(=O)/C(=C2/C(=O)N3C(C(=O)O)=CSC23)c2cc3ccccc3[nH]2)cc1. The molecule has 32 heavy (non-hydrogen) atoms. The minimum absolute atomic E-state index is 0.000111. The van der Waals surface area contributed by atoms with Crippen LogP contribution >= 0.6 is 11.8 Å². The molecule has 1 atom stereocenters. The molecule has 0 bridgehead atoms. The number of hydrogen-bond acceptors (Lipinski definition) is 6. The predicted octanol–water partition coefficient (Wildman–Crippen LogP) is 3.20. The lowest BCUT2D eigenvalue weighted by atomic mass is 10.0.